The predicted octanol–water partition coefficient (Wildman–Crippen LogP) is 3.92. The second-order valence-corrected chi connectivity index (χ2v) is 5.51. The van der Waals surface area contributed by atoms with E-state index in [9.17, 15) is 10.1 Å². The Labute approximate surface area is 138 Å². The van der Waals surface area contributed by atoms with Crippen LogP contribution in [0.3, 0.4) is 0 Å². The van der Waals surface area contributed by atoms with E-state index < -0.39 is 4.92 Å². The lowest BCUT2D eigenvalue weighted by Gasteiger charge is -2.12. The molecule has 0 radical (unpaired) electrons. The van der Waals surface area contributed by atoms with Gasteiger partial charge in [-0.15, -0.1) is 0 Å². The van der Waals surface area contributed by atoms with Crippen LogP contribution < -0.4 is 10.6 Å². The van der Waals surface area contributed by atoms with Crippen molar-refractivity contribution in [3.8, 4) is 0 Å². The molecular weight excluding hydrogens is 310 g/mol. The van der Waals surface area contributed by atoms with E-state index in [4.69, 9.17) is 4.63 Å². The topological polar surface area (TPSA) is 106 Å². The van der Waals surface area contributed by atoms with Crippen LogP contribution >= 0.6 is 0 Å². The van der Waals surface area contributed by atoms with Crippen LogP contribution in [0.2, 0.25) is 0 Å². The smallest absolute Gasteiger partial charge is 0.324 e. The monoisotopic (exact) mass is 327 g/mol. The van der Waals surface area contributed by atoms with Gasteiger partial charge in [0.05, 0.1) is 10.6 Å². The van der Waals surface area contributed by atoms with Crippen LogP contribution in [-0.2, 0) is 0 Å². The Balaban J connectivity index is 2.18. The maximum Gasteiger partial charge on any atom is 0.324 e. The van der Waals surface area contributed by atoms with Crippen LogP contribution in [0.4, 0.5) is 22.7 Å². The second-order valence-electron chi connectivity index (χ2n) is 5.51. The summed E-state index contributed by atoms with van der Waals surface area (Å²) in [6, 6.07) is 7.51. The van der Waals surface area contributed by atoms with Gasteiger partial charge < -0.3 is 10.6 Å². The normalized spacial score (nSPS) is 10.8. The molecule has 0 fully saturated rings. The van der Waals surface area contributed by atoms with Crippen molar-refractivity contribution in [3.63, 3.8) is 0 Å². The van der Waals surface area contributed by atoms with E-state index in [1.165, 1.54) is 0 Å². The highest BCUT2D eigenvalue weighted by atomic mass is 16.6. The third kappa shape index (κ3) is 2.73. The number of aromatic nitrogens is 2. The summed E-state index contributed by atoms with van der Waals surface area (Å²) < 4.78 is 4.72. The number of nitro groups is 1. The third-order valence-electron chi connectivity index (χ3n) is 3.71. The Kier molecular flexibility index (Phi) is 4.03. The molecule has 2 N–H and O–H groups in total. The molecular formula is C16H17N5O3. The predicted molar refractivity (Wildman–Crippen MR) is 91.8 cm³/mol. The number of nitro benzene ring substituents is 1. The van der Waals surface area contributed by atoms with Gasteiger partial charge in [-0.05, 0) is 48.8 Å². The van der Waals surface area contributed by atoms with Crippen molar-refractivity contribution in [2.24, 2.45) is 0 Å². The number of hydrogen-bond donors (Lipinski definition) is 2. The molecule has 0 aliphatic heterocycles. The highest BCUT2D eigenvalue weighted by Gasteiger charge is 2.26. The Morgan fingerprint density at radius 3 is 2.54 bits per heavy atom. The molecule has 3 aromatic rings. The molecule has 1 aromatic heterocycles. The molecule has 0 bridgehead atoms. The van der Waals surface area contributed by atoms with Crippen molar-refractivity contribution >= 4 is 33.8 Å². The molecule has 0 aliphatic carbocycles. The lowest BCUT2D eigenvalue weighted by atomic mass is 10.1. The van der Waals surface area contributed by atoms with E-state index >= 15 is 0 Å². The van der Waals surface area contributed by atoms with E-state index in [1.54, 1.807) is 6.07 Å². The number of aryl methyl sites for hydroxylation is 2. The second kappa shape index (κ2) is 6.15. The maximum absolute atomic E-state index is 11.6. The fourth-order valence-corrected chi connectivity index (χ4v) is 2.63. The van der Waals surface area contributed by atoms with Crippen LogP contribution in [-0.4, -0.2) is 21.8 Å². The van der Waals surface area contributed by atoms with Gasteiger partial charge in [0.25, 0.3) is 0 Å². The van der Waals surface area contributed by atoms with E-state index in [0.717, 1.165) is 16.8 Å². The first-order valence-electron chi connectivity index (χ1n) is 7.53. The number of nitrogens with zero attached hydrogens (tertiary/aromatic N) is 3. The average Bonchev–Trinajstić information content (AvgIpc) is 2.99. The highest BCUT2D eigenvalue weighted by Crippen LogP contribution is 2.38. The number of fused-ring (bicyclic) bond motifs is 1. The SMILES string of the molecule is CCNc1cc(Nc2ccc(C)cc2C)c([N+](=O)[O-])c2nonc12. The third-order valence-corrected chi connectivity index (χ3v) is 3.71. The molecule has 2 aromatic carbocycles. The Morgan fingerprint density at radius 1 is 1.12 bits per heavy atom. The van der Waals surface area contributed by atoms with Crippen LogP contribution in [0, 0.1) is 24.0 Å². The first-order valence-corrected chi connectivity index (χ1v) is 7.53. The molecule has 1 heterocycles. The van der Waals surface area contributed by atoms with Crippen molar-refractivity contribution in [1.82, 2.24) is 10.3 Å². The van der Waals surface area contributed by atoms with Gasteiger partial charge in [-0.1, -0.05) is 17.7 Å². The zero-order chi connectivity index (χ0) is 17.3. The molecule has 0 aliphatic rings. The molecule has 124 valence electrons. The lowest BCUT2D eigenvalue weighted by molar-refractivity contribution is -0.382. The van der Waals surface area contributed by atoms with Crippen molar-refractivity contribution in [2.45, 2.75) is 20.8 Å². The minimum absolute atomic E-state index is 0.116. The summed E-state index contributed by atoms with van der Waals surface area (Å²) in [5.41, 5.74) is 4.18. The van der Waals surface area contributed by atoms with Gasteiger partial charge in [0.2, 0.25) is 5.52 Å². The molecule has 0 saturated heterocycles. The zero-order valence-corrected chi connectivity index (χ0v) is 13.6. The summed E-state index contributed by atoms with van der Waals surface area (Å²) in [6.45, 7) is 6.51. The van der Waals surface area contributed by atoms with Crippen molar-refractivity contribution in [2.75, 3.05) is 17.2 Å². The largest absolute Gasteiger partial charge is 0.383 e. The summed E-state index contributed by atoms with van der Waals surface area (Å²) in [5, 5.41) is 25.3. The average molecular weight is 327 g/mol. The molecule has 3 rings (SSSR count). The van der Waals surface area contributed by atoms with Crippen LogP contribution in [0.1, 0.15) is 18.1 Å². The van der Waals surface area contributed by atoms with Crippen LogP contribution in [0.25, 0.3) is 11.0 Å². The van der Waals surface area contributed by atoms with Gasteiger partial charge in [-0.25, -0.2) is 4.63 Å². The van der Waals surface area contributed by atoms with Crippen LogP contribution in [0.15, 0.2) is 28.9 Å². The van der Waals surface area contributed by atoms with Gasteiger partial charge in [0.15, 0.2) is 5.52 Å². The van der Waals surface area contributed by atoms with Gasteiger partial charge in [0.1, 0.15) is 5.69 Å². The molecule has 8 nitrogen and oxygen atoms in total. The number of benzene rings is 2. The standard InChI is InChI=1S/C16H17N5O3/c1-4-17-12-8-13(18-11-6-5-9(2)7-10(11)3)16(21(22)23)15-14(12)19-24-20-15/h5-8,17-18H,4H2,1-3H3. The van der Waals surface area contributed by atoms with Crippen molar-refractivity contribution in [3.05, 3.63) is 45.5 Å². The quantitative estimate of drug-likeness (QED) is 0.540. The summed E-state index contributed by atoms with van der Waals surface area (Å²) in [5.74, 6) is 0. The summed E-state index contributed by atoms with van der Waals surface area (Å²) >= 11 is 0. The van der Waals surface area contributed by atoms with E-state index in [2.05, 4.69) is 20.9 Å². The van der Waals surface area contributed by atoms with Crippen molar-refractivity contribution < 1.29 is 9.55 Å². The first kappa shape index (κ1) is 15.7. The minimum atomic E-state index is -0.478. The molecule has 0 spiro atoms. The van der Waals surface area contributed by atoms with E-state index in [0.29, 0.717) is 23.4 Å². The zero-order valence-electron chi connectivity index (χ0n) is 13.6. The Hall–Kier alpha value is -3.16. The molecule has 0 amide bonds. The fourth-order valence-electron chi connectivity index (χ4n) is 2.63. The van der Waals surface area contributed by atoms with Gasteiger partial charge in [-0.2, -0.15) is 0 Å². The maximum atomic E-state index is 11.6. The Morgan fingerprint density at radius 2 is 1.88 bits per heavy atom. The van der Waals surface area contributed by atoms with Crippen molar-refractivity contribution in [1.29, 1.82) is 0 Å². The highest BCUT2D eigenvalue weighted by molar-refractivity contribution is 6.00. The number of anilines is 3. The van der Waals surface area contributed by atoms with Crippen LogP contribution in [0.5, 0.6) is 0 Å². The molecule has 24 heavy (non-hydrogen) atoms. The molecule has 0 unspecified atom stereocenters. The van der Waals surface area contributed by atoms with E-state index in [-0.39, 0.29) is 11.2 Å². The summed E-state index contributed by atoms with van der Waals surface area (Å²) in [7, 11) is 0. The summed E-state index contributed by atoms with van der Waals surface area (Å²) in [6.07, 6.45) is 0. The van der Waals surface area contributed by atoms with E-state index in [1.807, 2.05) is 39.0 Å². The number of rotatable bonds is 5. The lowest BCUT2D eigenvalue weighted by Crippen LogP contribution is -2.03. The molecule has 0 atom stereocenters. The minimum Gasteiger partial charge on any atom is -0.383 e. The Bertz CT molecular complexity index is 919. The summed E-state index contributed by atoms with van der Waals surface area (Å²) in [4.78, 5) is 11.1. The first-order chi connectivity index (χ1) is 11.5. The van der Waals surface area contributed by atoms with Gasteiger partial charge in [0, 0.05) is 12.2 Å². The van der Waals surface area contributed by atoms with Gasteiger partial charge >= 0.3 is 5.69 Å². The van der Waals surface area contributed by atoms with Gasteiger partial charge in [-0.3, -0.25) is 10.1 Å². The molecule has 0 saturated carbocycles. The fraction of sp³-hybridized carbons (Fsp3) is 0.250. The number of hydrogen-bond acceptors (Lipinski definition) is 7. The number of nitrogens with one attached hydrogen (secondary N) is 2. The molecule has 8 heteroatoms.